The van der Waals surface area contributed by atoms with Crippen LogP contribution in [0, 0.1) is 0 Å². The maximum atomic E-state index is 4.05. The number of hydrogen-bond acceptors (Lipinski definition) is 3. The molecule has 4 heteroatoms. The first-order valence-corrected chi connectivity index (χ1v) is 1.75. The highest BCUT2D eigenvalue weighted by Crippen LogP contribution is 1.96. The lowest BCUT2D eigenvalue weighted by Crippen LogP contribution is -1.76. The van der Waals surface area contributed by atoms with E-state index in [0.717, 1.165) is 11.9 Å². The van der Waals surface area contributed by atoms with Crippen LogP contribution in [-0.4, -0.2) is 5.55 Å². The lowest BCUT2D eigenvalue weighted by atomic mass is 11.7. The predicted octanol–water partition coefficient (Wildman–Crippen LogP) is 0.00450. The molecule has 3 nitrogen and oxygen atoms in total. The number of hydrogen-bond donors (Lipinski definition) is 0. The van der Waals surface area contributed by atoms with Crippen molar-refractivity contribution in [2.45, 2.75) is 0 Å². The van der Waals surface area contributed by atoms with Crippen LogP contribution in [0.5, 0.6) is 0 Å². The zero-order valence-corrected chi connectivity index (χ0v) is 3.03. The number of nitrogens with zero attached hydrogens (tertiary/aromatic N) is 2. The van der Waals surface area contributed by atoms with Crippen molar-refractivity contribution in [3.05, 3.63) is 0 Å². The molecule has 1 aliphatic heterocycles. The maximum absolute atomic E-state index is 4.05. The van der Waals surface area contributed by atoms with Crippen LogP contribution in [0.15, 0.2) is 5.16 Å². The maximum Gasteiger partial charge on any atom is 0.195 e. The summed E-state index contributed by atoms with van der Waals surface area (Å²) in [5.41, 5.74) is 2.38. The topological polar surface area (TPSA) is 35.7 Å². The third kappa shape index (κ3) is 0.524. The highest BCUT2D eigenvalue weighted by molar-refractivity contribution is 8.10. The summed E-state index contributed by atoms with van der Waals surface area (Å²) in [6.45, 7) is 0. The van der Waals surface area contributed by atoms with Crippen molar-refractivity contribution >= 4 is 17.5 Å². The van der Waals surface area contributed by atoms with Crippen LogP contribution in [0.25, 0.3) is 0 Å². The summed E-state index contributed by atoms with van der Waals surface area (Å²) in [6.07, 6.45) is 0. The molecule has 2 radical (unpaired) electrons. The zero-order chi connectivity index (χ0) is 3.54. The summed E-state index contributed by atoms with van der Waals surface area (Å²) < 4.78 is 0. The molecule has 0 saturated heterocycles. The third-order valence-electron chi connectivity index (χ3n) is 0.190. The van der Waals surface area contributed by atoms with Gasteiger partial charge in [0.15, 0.2) is 5.55 Å². The molecule has 0 fully saturated rings. The van der Waals surface area contributed by atoms with E-state index in [4.69, 9.17) is 0 Å². The molecule has 0 spiro atoms. The Kier molecular flexibility index (Phi) is 0.764. The first-order chi connectivity index (χ1) is 2.50. The Bertz CT molecular complexity index is 47.6. The van der Waals surface area contributed by atoms with E-state index in [1.807, 2.05) is 0 Å². The SMILES string of the molecule is [C]1=NO[N]S1. The molecule has 1 rings (SSSR count). The second-order valence-corrected chi connectivity index (χ2v) is 0.944. The third-order valence-corrected chi connectivity index (χ3v) is 0.487. The van der Waals surface area contributed by atoms with Gasteiger partial charge in [0.25, 0.3) is 0 Å². The van der Waals surface area contributed by atoms with Crippen LogP contribution in [0.4, 0.5) is 0 Å². The molecule has 0 saturated carbocycles. The fourth-order valence-corrected chi connectivity index (χ4v) is 0.250. The first kappa shape index (κ1) is 2.99. The quantitative estimate of drug-likeness (QED) is 0.391. The average Bonchev–Trinajstić information content (AvgIpc) is 1.76. The largest absolute Gasteiger partial charge is 0.265 e. The standard InChI is InChI=1S/CN2OS/c1-2-4-3-5-1. The van der Waals surface area contributed by atoms with Gasteiger partial charge in [-0.25, -0.2) is 0 Å². The lowest BCUT2D eigenvalue weighted by molar-refractivity contribution is 0.112. The minimum atomic E-state index is 1.06. The van der Waals surface area contributed by atoms with Gasteiger partial charge in [-0.05, 0) is 5.16 Å². The van der Waals surface area contributed by atoms with Crippen molar-refractivity contribution in [3.8, 4) is 0 Å². The Morgan fingerprint density at radius 2 is 2.80 bits per heavy atom. The summed E-state index contributed by atoms with van der Waals surface area (Å²) in [5, 5.41) is 3.13. The van der Waals surface area contributed by atoms with Crippen molar-refractivity contribution < 1.29 is 4.94 Å². The summed E-state index contributed by atoms with van der Waals surface area (Å²) in [6, 6.07) is 0. The predicted molar refractivity (Wildman–Crippen MR) is 18.2 cm³/mol. The molecule has 0 unspecified atom stereocenters. The van der Waals surface area contributed by atoms with Gasteiger partial charge < -0.3 is 0 Å². The summed E-state index contributed by atoms with van der Waals surface area (Å²) in [5.74, 6) is 0. The molecule has 0 aromatic rings. The molecule has 0 atom stereocenters. The molecule has 0 aromatic carbocycles. The molecule has 5 heavy (non-hydrogen) atoms. The Hall–Kier alpha value is -0.220. The smallest absolute Gasteiger partial charge is 0.195 e. The Balaban J connectivity index is 2.32. The van der Waals surface area contributed by atoms with E-state index in [0.29, 0.717) is 0 Å². The van der Waals surface area contributed by atoms with Gasteiger partial charge in [0, 0.05) is 0 Å². The van der Waals surface area contributed by atoms with E-state index < -0.39 is 0 Å². The summed E-state index contributed by atoms with van der Waals surface area (Å²) in [4.78, 5) is 7.27. The Morgan fingerprint density at radius 3 is 3.00 bits per heavy atom. The van der Waals surface area contributed by atoms with E-state index in [2.05, 4.69) is 20.5 Å². The molecule has 0 aromatic heterocycles. The van der Waals surface area contributed by atoms with E-state index in [-0.39, 0.29) is 0 Å². The van der Waals surface area contributed by atoms with Crippen LogP contribution in [0.3, 0.4) is 0 Å². The van der Waals surface area contributed by atoms with Crippen LogP contribution in [0.1, 0.15) is 0 Å². The Labute approximate surface area is 33.5 Å². The first-order valence-electron chi connectivity index (χ1n) is 0.975. The van der Waals surface area contributed by atoms with Crippen molar-refractivity contribution in [1.82, 2.24) is 4.89 Å². The van der Waals surface area contributed by atoms with Crippen LogP contribution >= 0.6 is 11.9 Å². The molecule has 1 aliphatic rings. The highest BCUT2D eigenvalue weighted by atomic mass is 32.2. The molecule has 0 N–H and O–H groups in total. The molecule has 0 aliphatic carbocycles. The lowest BCUT2D eigenvalue weighted by Gasteiger charge is -1.70. The fourth-order valence-electron chi connectivity index (χ4n) is 0.0833. The minimum Gasteiger partial charge on any atom is -0.265 e. The monoisotopic (exact) mass is 88.0 g/mol. The van der Waals surface area contributed by atoms with Crippen LogP contribution in [0.2, 0.25) is 0 Å². The van der Waals surface area contributed by atoms with Crippen molar-refractivity contribution in [2.75, 3.05) is 0 Å². The van der Waals surface area contributed by atoms with E-state index in [1.54, 1.807) is 0 Å². The van der Waals surface area contributed by atoms with Crippen LogP contribution in [-0.2, 0) is 4.94 Å². The molecule has 26 valence electrons. The van der Waals surface area contributed by atoms with Crippen LogP contribution < -0.4 is 4.89 Å². The highest BCUT2D eigenvalue weighted by Gasteiger charge is 1.90. The minimum absolute atomic E-state index is 1.06. The normalized spacial score (nSPS) is 19.2. The second-order valence-electron chi connectivity index (χ2n) is 0.430. The van der Waals surface area contributed by atoms with Gasteiger partial charge >= 0.3 is 0 Å². The molecular formula is CN2OS. The second kappa shape index (κ2) is 1.28. The number of rotatable bonds is 0. The van der Waals surface area contributed by atoms with Gasteiger partial charge in [0.1, 0.15) is 0 Å². The Morgan fingerprint density at radius 1 is 1.80 bits per heavy atom. The van der Waals surface area contributed by atoms with Crippen molar-refractivity contribution in [3.63, 3.8) is 0 Å². The van der Waals surface area contributed by atoms with Crippen molar-refractivity contribution in [1.29, 1.82) is 0 Å². The van der Waals surface area contributed by atoms with Crippen molar-refractivity contribution in [2.24, 2.45) is 5.16 Å². The van der Waals surface area contributed by atoms with E-state index >= 15 is 0 Å². The van der Waals surface area contributed by atoms with Gasteiger partial charge in [-0.2, -0.15) is 0 Å². The summed E-state index contributed by atoms with van der Waals surface area (Å²) >= 11 is 1.06. The van der Waals surface area contributed by atoms with E-state index in [9.17, 15) is 0 Å². The molecular weight excluding hydrogens is 88.1 g/mol. The van der Waals surface area contributed by atoms with E-state index in [1.165, 1.54) is 0 Å². The molecule has 0 amide bonds. The van der Waals surface area contributed by atoms with Gasteiger partial charge in [-0.3, -0.25) is 4.94 Å². The van der Waals surface area contributed by atoms with Gasteiger partial charge in [-0.15, -0.1) is 0 Å². The fraction of sp³-hybridized carbons (Fsp3) is 0. The average molecular weight is 88.1 g/mol. The zero-order valence-electron chi connectivity index (χ0n) is 2.21. The molecule has 1 heterocycles. The van der Waals surface area contributed by atoms with Gasteiger partial charge in [0.2, 0.25) is 0 Å². The van der Waals surface area contributed by atoms with Gasteiger partial charge in [0.05, 0.1) is 16.8 Å². The van der Waals surface area contributed by atoms with Gasteiger partial charge in [-0.1, -0.05) is 0 Å². The summed E-state index contributed by atoms with van der Waals surface area (Å²) in [7, 11) is 0. The molecule has 0 bridgehead atoms.